The topological polar surface area (TPSA) is 127 Å². The number of nitrogens with one attached hydrogen (secondary N) is 1. The van der Waals surface area contributed by atoms with Crippen LogP contribution in [0.15, 0.2) is 27.1 Å². The first-order chi connectivity index (χ1) is 14.4. The smallest absolute Gasteiger partial charge is 0.330 e. The molecule has 0 saturated carbocycles. The number of aromatic nitrogens is 2. The summed E-state index contributed by atoms with van der Waals surface area (Å²) in [6.07, 6.45) is 2.71. The molecule has 2 aromatic rings. The van der Waals surface area contributed by atoms with Gasteiger partial charge in [0.25, 0.3) is 11.5 Å². The lowest BCUT2D eigenvalue weighted by Crippen LogP contribution is -2.43. The minimum Gasteiger partial charge on any atom is -0.456 e. The number of carbonyl (C=O) groups is 2. The van der Waals surface area contributed by atoms with Crippen molar-refractivity contribution in [3.8, 4) is 0 Å². The Morgan fingerprint density at radius 3 is 2.67 bits per heavy atom. The Labute approximate surface area is 178 Å². The van der Waals surface area contributed by atoms with Crippen LogP contribution < -0.4 is 21.9 Å². The fraction of sp³-hybridized carbons (Fsp3) is 0.500. The number of rotatable bonds is 11. The molecule has 0 aliphatic heterocycles. The molecule has 0 radical (unpaired) electrons. The summed E-state index contributed by atoms with van der Waals surface area (Å²) in [7, 11) is 0. The summed E-state index contributed by atoms with van der Waals surface area (Å²) in [6.45, 7) is 3.84. The van der Waals surface area contributed by atoms with E-state index in [0.29, 0.717) is 25.8 Å². The van der Waals surface area contributed by atoms with Gasteiger partial charge in [-0.05, 0) is 30.7 Å². The quantitative estimate of drug-likeness (QED) is 0.518. The molecular formula is C20H28N4O5S. The number of amides is 1. The van der Waals surface area contributed by atoms with Crippen molar-refractivity contribution < 1.29 is 14.3 Å². The molecule has 1 amide bonds. The number of hydrogen-bond acceptors (Lipinski definition) is 7. The Morgan fingerprint density at radius 1 is 1.27 bits per heavy atom. The lowest BCUT2D eigenvalue weighted by atomic mass is 10.2. The number of nitrogen functional groups attached to an aromatic ring is 1. The standard InChI is InChI=1S/C20H28N4O5S/c1-3-5-11-23(17-18(21)24(10-4-2)20(28)22-19(17)27)15(25)13-29-16(26)9-8-14-7-6-12-30-14/h6-7,12H,3-5,8-11,13,21H2,1-2H3,(H,22,27,28). The molecule has 0 saturated heterocycles. The number of esters is 1. The molecule has 0 atom stereocenters. The highest BCUT2D eigenvalue weighted by Gasteiger charge is 2.24. The van der Waals surface area contributed by atoms with Gasteiger partial charge in [0.05, 0.1) is 6.42 Å². The van der Waals surface area contributed by atoms with Gasteiger partial charge >= 0.3 is 11.7 Å². The molecule has 0 aliphatic carbocycles. The van der Waals surface area contributed by atoms with Crippen LogP contribution in [-0.2, 0) is 27.3 Å². The highest BCUT2D eigenvalue weighted by molar-refractivity contribution is 7.09. The molecule has 3 N–H and O–H groups in total. The molecule has 0 spiro atoms. The van der Waals surface area contributed by atoms with E-state index >= 15 is 0 Å². The second-order valence-corrected chi connectivity index (χ2v) is 7.82. The normalized spacial score (nSPS) is 10.7. The van der Waals surface area contributed by atoms with E-state index in [1.807, 2.05) is 31.4 Å². The maximum Gasteiger partial charge on any atom is 0.330 e. The Bertz CT molecular complexity index is 965. The number of aryl methyl sites for hydroxylation is 1. The van der Waals surface area contributed by atoms with E-state index in [1.54, 1.807) is 11.3 Å². The number of ether oxygens (including phenoxy) is 1. The summed E-state index contributed by atoms with van der Waals surface area (Å²) in [4.78, 5) is 53.8. The zero-order chi connectivity index (χ0) is 22.1. The Kier molecular flexibility index (Phi) is 8.85. The fourth-order valence-electron chi connectivity index (χ4n) is 2.93. The van der Waals surface area contributed by atoms with Gasteiger partial charge in [0.15, 0.2) is 12.3 Å². The van der Waals surface area contributed by atoms with Crippen molar-refractivity contribution in [2.24, 2.45) is 0 Å². The maximum atomic E-state index is 12.8. The molecule has 10 heteroatoms. The summed E-state index contributed by atoms with van der Waals surface area (Å²) < 4.78 is 6.35. The van der Waals surface area contributed by atoms with Gasteiger partial charge in [0.2, 0.25) is 0 Å². The zero-order valence-corrected chi connectivity index (χ0v) is 18.1. The molecule has 0 unspecified atom stereocenters. The molecular weight excluding hydrogens is 408 g/mol. The molecule has 30 heavy (non-hydrogen) atoms. The first kappa shape index (κ1) is 23.4. The van der Waals surface area contributed by atoms with Gasteiger partial charge in [-0.1, -0.05) is 26.3 Å². The molecule has 0 bridgehead atoms. The largest absolute Gasteiger partial charge is 0.456 e. The van der Waals surface area contributed by atoms with E-state index < -0.39 is 29.7 Å². The SMILES string of the molecule is CCCCN(C(=O)COC(=O)CCc1cccs1)c1c(N)n(CCC)c(=O)[nH]c1=O. The van der Waals surface area contributed by atoms with Crippen molar-refractivity contribution in [1.82, 2.24) is 9.55 Å². The van der Waals surface area contributed by atoms with Crippen LogP contribution in [0.5, 0.6) is 0 Å². The van der Waals surface area contributed by atoms with E-state index in [9.17, 15) is 19.2 Å². The third-order valence-corrected chi connectivity index (χ3v) is 5.42. The highest BCUT2D eigenvalue weighted by Crippen LogP contribution is 2.18. The van der Waals surface area contributed by atoms with Gasteiger partial charge < -0.3 is 15.4 Å². The lowest BCUT2D eigenvalue weighted by Gasteiger charge is -2.24. The van der Waals surface area contributed by atoms with E-state index in [-0.39, 0.29) is 24.5 Å². The number of aromatic amines is 1. The van der Waals surface area contributed by atoms with Crippen LogP contribution in [0.3, 0.4) is 0 Å². The number of H-pyrrole nitrogens is 1. The van der Waals surface area contributed by atoms with Gasteiger partial charge in [-0.15, -0.1) is 11.3 Å². The van der Waals surface area contributed by atoms with Crippen LogP contribution in [0, 0.1) is 0 Å². The zero-order valence-electron chi connectivity index (χ0n) is 17.3. The number of unbranched alkanes of at least 4 members (excludes halogenated alkanes) is 1. The van der Waals surface area contributed by atoms with Gasteiger partial charge in [0, 0.05) is 18.0 Å². The molecule has 9 nitrogen and oxygen atoms in total. The minimum atomic E-state index is -0.738. The van der Waals surface area contributed by atoms with Crippen molar-refractivity contribution >= 4 is 34.7 Å². The van der Waals surface area contributed by atoms with Crippen molar-refractivity contribution in [1.29, 1.82) is 0 Å². The maximum absolute atomic E-state index is 12.8. The Balaban J connectivity index is 2.15. The van der Waals surface area contributed by atoms with Crippen molar-refractivity contribution in [3.05, 3.63) is 43.2 Å². The highest BCUT2D eigenvalue weighted by atomic mass is 32.1. The summed E-state index contributed by atoms with van der Waals surface area (Å²) in [6, 6.07) is 3.83. The first-order valence-electron chi connectivity index (χ1n) is 9.99. The van der Waals surface area contributed by atoms with Gasteiger partial charge in [-0.2, -0.15) is 0 Å². The fourth-order valence-corrected chi connectivity index (χ4v) is 3.64. The molecule has 2 heterocycles. The summed E-state index contributed by atoms with van der Waals surface area (Å²) >= 11 is 1.55. The predicted octanol–water partition coefficient (Wildman–Crippen LogP) is 1.90. The summed E-state index contributed by atoms with van der Waals surface area (Å²) in [5.41, 5.74) is 4.64. The van der Waals surface area contributed by atoms with Gasteiger partial charge in [-0.3, -0.25) is 23.9 Å². The second-order valence-electron chi connectivity index (χ2n) is 6.78. The third kappa shape index (κ3) is 6.06. The van der Waals surface area contributed by atoms with Gasteiger partial charge in [0.1, 0.15) is 5.82 Å². The number of nitrogens with zero attached hydrogens (tertiary/aromatic N) is 2. The number of nitrogens with two attached hydrogens (primary N) is 1. The van der Waals surface area contributed by atoms with Crippen LogP contribution in [0.2, 0.25) is 0 Å². The molecule has 2 rings (SSSR count). The number of thiophene rings is 1. The van der Waals surface area contributed by atoms with Crippen molar-refractivity contribution in [3.63, 3.8) is 0 Å². The summed E-state index contributed by atoms with van der Waals surface area (Å²) in [5, 5.41) is 1.93. The number of anilines is 2. The lowest BCUT2D eigenvalue weighted by molar-refractivity contribution is -0.147. The number of carbonyl (C=O) groups excluding carboxylic acids is 2. The van der Waals surface area contributed by atoms with E-state index in [0.717, 1.165) is 11.3 Å². The van der Waals surface area contributed by atoms with Crippen LogP contribution in [0.4, 0.5) is 11.5 Å². The average molecular weight is 437 g/mol. The van der Waals surface area contributed by atoms with E-state index in [2.05, 4.69) is 4.98 Å². The van der Waals surface area contributed by atoms with Crippen LogP contribution in [0.25, 0.3) is 0 Å². The molecule has 164 valence electrons. The monoisotopic (exact) mass is 436 g/mol. The summed E-state index contributed by atoms with van der Waals surface area (Å²) in [5.74, 6) is -1.13. The van der Waals surface area contributed by atoms with Gasteiger partial charge in [-0.25, -0.2) is 4.79 Å². The van der Waals surface area contributed by atoms with Crippen LogP contribution >= 0.6 is 11.3 Å². The Hall–Kier alpha value is -2.88. The third-order valence-electron chi connectivity index (χ3n) is 4.48. The van der Waals surface area contributed by atoms with E-state index in [4.69, 9.17) is 10.5 Å². The van der Waals surface area contributed by atoms with E-state index in [1.165, 1.54) is 9.47 Å². The van der Waals surface area contributed by atoms with Crippen LogP contribution in [-0.4, -0.2) is 34.6 Å². The van der Waals surface area contributed by atoms with Crippen LogP contribution in [0.1, 0.15) is 44.4 Å². The number of hydrogen-bond donors (Lipinski definition) is 2. The molecule has 2 aromatic heterocycles. The van der Waals surface area contributed by atoms with Crippen molar-refractivity contribution in [2.45, 2.75) is 52.5 Å². The average Bonchev–Trinajstić information content (AvgIpc) is 3.23. The van der Waals surface area contributed by atoms with Crippen molar-refractivity contribution in [2.75, 3.05) is 23.8 Å². The molecule has 0 aromatic carbocycles. The minimum absolute atomic E-state index is 0.0703. The molecule has 0 aliphatic rings. The first-order valence-corrected chi connectivity index (χ1v) is 10.9. The molecule has 0 fully saturated rings. The predicted molar refractivity (Wildman–Crippen MR) is 117 cm³/mol. The Morgan fingerprint density at radius 2 is 2.03 bits per heavy atom. The second kappa shape index (κ2) is 11.3.